The summed E-state index contributed by atoms with van der Waals surface area (Å²) in [6.07, 6.45) is 3.34. The van der Waals surface area contributed by atoms with Crippen LogP contribution in [0.25, 0.3) is 0 Å². The monoisotopic (exact) mass is 313 g/mol. The molecule has 2 N–H and O–H groups in total. The second-order valence-corrected chi connectivity index (χ2v) is 5.79. The van der Waals surface area contributed by atoms with Gasteiger partial charge in [0.1, 0.15) is 11.1 Å². The number of halogens is 1. The first-order chi connectivity index (χ1) is 8.06. The number of aromatic nitrogens is 2. The number of nitrogens with zero attached hydrogens (tertiary/aromatic N) is 2. The Bertz CT molecular complexity index is 529. The zero-order chi connectivity index (χ0) is 12.4. The van der Waals surface area contributed by atoms with E-state index < -0.39 is 0 Å². The Labute approximate surface area is 112 Å². The minimum absolute atomic E-state index is 0.132. The van der Waals surface area contributed by atoms with Crippen molar-refractivity contribution < 1.29 is 4.74 Å². The molecule has 6 heteroatoms. The number of hydrogen-bond acceptors (Lipinski definition) is 5. The minimum Gasteiger partial charge on any atom is -0.480 e. The predicted octanol–water partition coefficient (Wildman–Crippen LogP) is 3.33. The average molecular weight is 314 g/mol. The summed E-state index contributed by atoms with van der Waals surface area (Å²) in [5.41, 5.74) is 5.75. The fraction of sp³-hybridized carbons (Fsp3) is 0.273. The van der Waals surface area contributed by atoms with Crippen LogP contribution < -0.4 is 10.5 Å². The van der Waals surface area contributed by atoms with E-state index in [0.29, 0.717) is 11.6 Å². The van der Waals surface area contributed by atoms with Crippen LogP contribution in [0.1, 0.15) is 22.9 Å². The van der Waals surface area contributed by atoms with Crippen molar-refractivity contribution in [3.05, 3.63) is 32.8 Å². The molecule has 2 aromatic rings. The molecular weight excluding hydrogens is 302 g/mol. The summed E-state index contributed by atoms with van der Waals surface area (Å²) in [7, 11) is 0. The zero-order valence-electron chi connectivity index (χ0n) is 9.48. The van der Waals surface area contributed by atoms with Gasteiger partial charge in [0.05, 0.1) is 0 Å². The molecule has 2 heterocycles. The van der Waals surface area contributed by atoms with Gasteiger partial charge in [-0.3, -0.25) is 0 Å². The highest BCUT2D eigenvalue weighted by Gasteiger charge is 2.13. The number of rotatable bonds is 3. The molecule has 17 heavy (non-hydrogen) atoms. The molecule has 0 fully saturated rings. The lowest BCUT2D eigenvalue weighted by Crippen LogP contribution is -2.05. The van der Waals surface area contributed by atoms with Crippen molar-refractivity contribution in [3.63, 3.8) is 0 Å². The number of aryl methyl sites for hydroxylation is 1. The Morgan fingerprint density at radius 1 is 1.41 bits per heavy atom. The Balaban J connectivity index is 2.18. The number of pyridine rings is 1. The van der Waals surface area contributed by atoms with Crippen LogP contribution in [0.3, 0.4) is 0 Å². The molecule has 0 bridgehead atoms. The van der Waals surface area contributed by atoms with Crippen LogP contribution in [-0.2, 0) is 0 Å². The first-order valence-corrected chi connectivity index (χ1v) is 6.67. The third-order valence-corrected chi connectivity index (χ3v) is 3.65. The average Bonchev–Trinajstić information content (AvgIpc) is 2.70. The van der Waals surface area contributed by atoms with E-state index in [9.17, 15) is 0 Å². The molecule has 0 aliphatic rings. The molecule has 4 nitrogen and oxygen atoms in total. The molecule has 90 valence electrons. The second-order valence-electron chi connectivity index (χ2n) is 3.61. The normalized spacial score (nSPS) is 12.4. The number of nitrogens with two attached hydrogens (primary N) is 1. The van der Waals surface area contributed by atoms with Crippen LogP contribution in [0.4, 0.5) is 5.82 Å². The quantitative estimate of drug-likeness (QED) is 0.944. The van der Waals surface area contributed by atoms with Crippen LogP contribution in [0.5, 0.6) is 5.75 Å². The van der Waals surface area contributed by atoms with Crippen molar-refractivity contribution in [2.45, 2.75) is 20.0 Å². The molecule has 0 saturated carbocycles. The van der Waals surface area contributed by atoms with Crippen molar-refractivity contribution in [2.75, 3.05) is 5.73 Å². The van der Waals surface area contributed by atoms with Crippen molar-refractivity contribution >= 4 is 33.1 Å². The number of thiazole rings is 1. The van der Waals surface area contributed by atoms with E-state index in [4.69, 9.17) is 10.5 Å². The highest BCUT2D eigenvalue weighted by Crippen LogP contribution is 2.29. The van der Waals surface area contributed by atoms with Gasteiger partial charge in [0.25, 0.3) is 0 Å². The topological polar surface area (TPSA) is 61.0 Å². The molecular formula is C11H12BrN3OS. The number of hydrogen-bond donors (Lipinski definition) is 1. The van der Waals surface area contributed by atoms with Crippen LogP contribution in [-0.4, -0.2) is 9.97 Å². The fourth-order valence-corrected chi connectivity index (χ4v) is 2.39. The molecule has 0 aliphatic heterocycles. The summed E-state index contributed by atoms with van der Waals surface area (Å²) in [5.74, 6) is 0.952. The molecule has 0 amide bonds. The third-order valence-electron chi connectivity index (χ3n) is 2.14. The van der Waals surface area contributed by atoms with E-state index in [1.54, 1.807) is 23.6 Å². The first kappa shape index (κ1) is 12.3. The minimum atomic E-state index is -0.132. The van der Waals surface area contributed by atoms with Gasteiger partial charge >= 0.3 is 0 Å². The summed E-state index contributed by atoms with van der Waals surface area (Å²) < 4.78 is 6.59. The molecule has 2 aromatic heterocycles. The second kappa shape index (κ2) is 5.01. The SMILES string of the molecule is Cc1cnc(C(C)Oc2cc(Br)cnc2N)s1. The molecule has 0 saturated heterocycles. The highest BCUT2D eigenvalue weighted by atomic mass is 79.9. The van der Waals surface area contributed by atoms with Gasteiger partial charge in [-0.2, -0.15) is 0 Å². The maximum absolute atomic E-state index is 5.76. The third kappa shape index (κ3) is 2.95. The smallest absolute Gasteiger partial charge is 0.166 e. The summed E-state index contributed by atoms with van der Waals surface area (Å²) in [6.45, 7) is 3.96. The molecule has 1 atom stereocenters. The van der Waals surface area contributed by atoms with Gasteiger partial charge in [0, 0.05) is 21.7 Å². The van der Waals surface area contributed by atoms with Crippen molar-refractivity contribution in [3.8, 4) is 5.75 Å². The van der Waals surface area contributed by atoms with Crippen LogP contribution in [0.2, 0.25) is 0 Å². The van der Waals surface area contributed by atoms with E-state index in [1.807, 2.05) is 20.0 Å². The first-order valence-electron chi connectivity index (χ1n) is 5.06. The van der Waals surface area contributed by atoms with Gasteiger partial charge in [-0.05, 0) is 35.8 Å². The Morgan fingerprint density at radius 2 is 2.18 bits per heavy atom. The van der Waals surface area contributed by atoms with E-state index >= 15 is 0 Å². The summed E-state index contributed by atoms with van der Waals surface area (Å²) in [4.78, 5) is 9.47. The van der Waals surface area contributed by atoms with E-state index in [2.05, 4.69) is 25.9 Å². The lowest BCUT2D eigenvalue weighted by atomic mass is 10.4. The largest absolute Gasteiger partial charge is 0.480 e. The Hall–Kier alpha value is -1.14. The molecule has 0 aliphatic carbocycles. The van der Waals surface area contributed by atoms with Crippen molar-refractivity contribution in [2.24, 2.45) is 0 Å². The fourth-order valence-electron chi connectivity index (χ4n) is 1.33. The molecule has 0 spiro atoms. The van der Waals surface area contributed by atoms with E-state index in [1.165, 1.54) is 0 Å². The van der Waals surface area contributed by atoms with Crippen molar-refractivity contribution in [1.82, 2.24) is 9.97 Å². The standard InChI is InChI=1S/C11H12BrN3OS/c1-6-4-15-11(17-6)7(2)16-9-3-8(12)5-14-10(9)13/h3-5,7H,1-2H3,(H2,13,14). The number of nitrogen functional groups attached to an aromatic ring is 1. The summed E-state index contributed by atoms with van der Waals surface area (Å²) in [5, 5.41) is 0.932. The maximum Gasteiger partial charge on any atom is 0.166 e. The highest BCUT2D eigenvalue weighted by molar-refractivity contribution is 9.10. The van der Waals surface area contributed by atoms with E-state index in [0.717, 1.165) is 14.4 Å². The molecule has 2 rings (SSSR count). The van der Waals surface area contributed by atoms with Gasteiger partial charge in [0.15, 0.2) is 11.6 Å². The Kier molecular flexibility index (Phi) is 3.63. The molecule has 1 unspecified atom stereocenters. The predicted molar refractivity (Wildman–Crippen MR) is 72.2 cm³/mol. The lowest BCUT2D eigenvalue weighted by molar-refractivity contribution is 0.227. The van der Waals surface area contributed by atoms with Crippen LogP contribution in [0, 0.1) is 6.92 Å². The summed E-state index contributed by atoms with van der Waals surface area (Å²) >= 11 is 4.95. The van der Waals surface area contributed by atoms with Gasteiger partial charge in [-0.1, -0.05) is 0 Å². The van der Waals surface area contributed by atoms with E-state index in [-0.39, 0.29) is 6.10 Å². The van der Waals surface area contributed by atoms with Crippen LogP contribution in [0.15, 0.2) is 22.9 Å². The number of anilines is 1. The van der Waals surface area contributed by atoms with Crippen molar-refractivity contribution in [1.29, 1.82) is 0 Å². The Morgan fingerprint density at radius 3 is 2.82 bits per heavy atom. The zero-order valence-corrected chi connectivity index (χ0v) is 11.9. The summed E-state index contributed by atoms with van der Waals surface area (Å²) in [6, 6.07) is 1.80. The van der Waals surface area contributed by atoms with Crippen LogP contribution >= 0.6 is 27.3 Å². The van der Waals surface area contributed by atoms with Gasteiger partial charge in [-0.15, -0.1) is 11.3 Å². The molecule has 0 aromatic carbocycles. The van der Waals surface area contributed by atoms with Gasteiger partial charge in [-0.25, -0.2) is 9.97 Å². The van der Waals surface area contributed by atoms with Gasteiger partial charge < -0.3 is 10.5 Å². The molecule has 0 radical (unpaired) electrons. The maximum atomic E-state index is 5.76. The number of ether oxygens (including phenoxy) is 1. The van der Waals surface area contributed by atoms with Gasteiger partial charge in [0.2, 0.25) is 0 Å². The lowest BCUT2D eigenvalue weighted by Gasteiger charge is -2.13.